The maximum absolute atomic E-state index is 14.8. The van der Waals surface area contributed by atoms with Crippen LogP contribution < -0.4 is 5.32 Å². The number of amides is 1. The predicted octanol–water partition coefficient (Wildman–Crippen LogP) is 3.75. The van der Waals surface area contributed by atoms with E-state index in [0.29, 0.717) is 56.5 Å². The Morgan fingerprint density at radius 1 is 1.03 bits per heavy atom. The van der Waals surface area contributed by atoms with E-state index in [1.165, 1.54) is 6.20 Å². The minimum absolute atomic E-state index is 0.0147. The van der Waals surface area contributed by atoms with Crippen molar-refractivity contribution in [2.24, 2.45) is 0 Å². The molecule has 4 heterocycles. The van der Waals surface area contributed by atoms with E-state index in [1.54, 1.807) is 30.5 Å². The van der Waals surface area contributed by atoms with Gasteiger partial charge in [-0.3, -0.25) is 4.79 Å². The summed E-state index contributed by atoms with van der Waals surface area (Å²) in [6.45, 7) is 5.78. The summed E-state index contributed by atoms with van der Waals surface area (Å²) >= 11 is 0. The number of hydrogen-bond donors (Lipinski definition) is 1. The number of carbonyl (C=O) groups excluding carboxylic acids is 1. The van der Waals surface area contributed by atoms with Crippen LogP contribution in [0.15, 0.2) is 36.7 Å². The average Bonchev–Trinajstić information content (AvgIpc) is 3.08. The van der Waals surface area contributed by atoms with E-state index in [1.807, 2.05) is 16.4 Å². The molecule has 3 aromatic rings. The van der Waals surface area contributed by atoms with Crippen LogP contribution in [0.25, 0.3) is 11.4 Å². The molecule has 184 valence electrons. The topological polar surface area (TPSA) is 94.4 Å². The number of halogens is 1. The third-order valence-corrected chi connectivity index (χ3v) is 6.42. The molecule has 2 aromatic heterocycles. The summed E-state index contributed by atoms with van der Waals surface area (Å²) in [4.78, 5) is 27.6. The van der Waals surface area contributed by atoms with Gasteiger partial charge in [0.1, 0.15) is 11.5 Å². The highest BCUT2D eigenvalue weighted by molar-refractivity contribution is 5.94. The van der Waals surface area contributed by atoms with Crippen molar-refractivity contribution >= 4 is 17.5 Å². The molecule has 35 heavy (non-hydrogen) atoms. The fraction of sp³-hybridized carbons (Fsp3) is 0.440. The van der Waals surface area contributed by atoms with Crippen LogP contribution in [0.2, 0.25) is 0 Å². The second-order valence-electron chi connectivity index (χ2n) is 8.75. The Bertz CT molecular complexity index is 1170. The largest absolute Gasteiger partial charge is 0.381 e. The number of nitrogens with one attached hydrogen (secondary N) is 1. The summed E-state index contributed by atoms with van der Waals surface area (Å²) in [5.74, 6) is 0.559. The van der Waals surface area contributed by atoms with Crippen LogP contribution in [-0.2, 0) is 9.47 Å². The summed E-state index contributed by atoms with van der Waals surface area (Å²) in [5.41, 5.74) is 2.13. The summed E-state index contributed by atoms with van der Waals surface area (Å²) < 4.78 is 27.8. The smallest absolute Gasteiger partial charge is 0.253 e. The zero-order valence-corrected chi connectivity index (χ0v) is 19.7. The molecule has 5 rings (SSSR count). The molecule has 9 nitrogen and oxygen atoms in total. The van der Waals surface area contributed by atoms with E-state index in [2.05, 4.69) is 20.3 Å². The minimum atomic E-state index is -0.508. The highest BCUT2D eigenvalue weighted by atomic mass is 19.1. The van der Waals surface area contributed by atoms with Crippen LogP contribution >= 0.6 is 0 Å². The third kappa shape index (κ3) is 5.18. The average molecular weight is 481 g/mol. The van der Waals surface area contributed by atoms with Gasteiger partial charge in [-0.1, -0.05) is 0 Å². The van der Waals surface area contributed by atoms with Crippen LogP contribution in [0.1, 0.15) is 41.5 Å². The zero-order chi connectivity index (χ0) is 24.2. The molecular weight excluding hydrogens is 451 g/mol. The van der Waals surface area contributed by atoms with Crippen molar-refractivity contribution in [3.63, 3.8) is 0 Å². The molecular formula is C25H29FN6O3. The fourth-order valence-electron chi connectivity index (χ4n) is 4.60. The van der Waals surface area contributed by atoms with Gasteiger partial charge >= 0.3 is 0 Å². The van der Waals surface area contributed by atoms with Crippen molar-refractivity contribution in [3.8, 4) is 11.4 Å². The van der Waals surface area contributed by atoms with Gasteiger partial charge in [0.05, 0.1) is 24.7 Å². The SMILES string of the molecule is Cc1ncc(-c2nc(Nc3ccc(C(=O)N4CCCOCC4)cc3)ncc2F)n1C1CCOCC1. The van der Waals surface area contributed by atoms with Gasteiger partial charge in [-0.05, 0) is 50.5 Å². The lowest BCUT2D eigenvalue weighted by atomic mass is 10.1. The molecule has 0 radical (unpaired) electrons. The molecule has 2 saturated heterocycles. The maximum atomic E-state index is 14.8. The molecule has 2 fully saturated rings. The molecule has 0 bridgehead atoms. The molecule has 1 N–H and O–H groups in total. The number of hydrogen-bond acceptors (Lipinski definition) is 7. The maximum Gasteiger partial charge on any atom is 0.253 e. The molecule has 0 saturated carbocycles. The first-order valence-corrected chi connectivity index (χ1v) is 12.0. The Morgan fingerprint density at radius 3 is 2.60 bits per heavy atom. The third-order valence-electron chi connectivity index (χ3n) is 6.42. The molecule has 0 unspecified atom stereocenters. The van der Waals surface area contributed by atoms with Gasteiger partial charge in [0.25, 0.3) is 5.91 Å². The van der Waals surface area contributed by atoms with E-state index in [9.17, 15) is 9.18 Å². The van der Waals surface area contributed by atoms with E-state index in [4.69, 9.17) is 9.47 Å². The first-order valence-electron chi connectivity index (χ1n) is 12.0. The number of imidazole rings is 1. The number of ether oxygens (including phenoxy) is 2. The quantitative estimate of drug-likeness (QED) is 0.594. The van der Waals surface area contributed by atoms with Gasteiger partial charge in [-0.2, -0.15) is 0 Å². The number of carbonyl (C=O) groups is 1. The van der Waals surface area contributed by atoms with Crippen LogP contribution in [0.5, 0.6) is 0 Å². The number of aromatic nitrogens is 4. The van der Waals surface area contributed by atoms with Crippen molar-refractivity contribution in [2.75, 3.05) is 44.8 Å². The standard InChI is InChI=1S/C25H29FN6O3/c1-17-27-16-22(32(17)20-7-12-35-13-8-20)23-21(26)15-28-25(30-23)29-19-5-3-18(4-6-19)24(33)31-9-2-11-34-14-10-31/h3-6,15-16,20H,2,7-14H2,1H3,(H,28,29,30). The lowest BCUT2D eigenvalue weighted by Gasteiger charge is -2.26. The second kappa shape index (κ2) is 10.5. The molecule has 1 amide bonds. The number of aryl methyl sites for hydroxylation is 1. The van der Waals surface area contributed by atoms with E-state index >= 15 is 0 Å². The monoisotopic (exact) mass is 480 g/mol. The minimum Gasteiger partial charge on any atom is -0.381 e. The van der Waals surface area contributed by atoms with E-state index in [0.717, 1.165) is 25.1 Å². The van der Waals surface area contributed by atoms with Gasteiger partial charge in [0.2, 0.25) is 5.95 Å². The molecule has 2 aliphatic heterocycles. The van der Waals surface area contributed by atoms with Crippen molar-refractivity contribution < 1.29 is 18.7 Å². The predicted molar refractivity (Wildman–Crippen MR) is 128 cm³/mol. The van der Waals surface area contributed by atoms with Gasteiger partial charge < -0.3 is 24.3 Å². The van der Waals surface area contributed by atoms with Crippen molar-refractivity contribution in [1.29, 1.82) is 0 Å². The Morgan fingerprint density at radius 2 is 1.80 bits per heavy atom. The molecule has 2 aliphatic rings. The van der Waals surface area contributed by atoms with E-state index < -0.39 is 5.82 Å². The summed E-state index contributed by atoms with van der Waals surface area (Å²) in [5, 5.41) is 3.12. The second-order valence-corrected chi connectivity index (χ2v) is 8.75. The number of anilines is 2. The van der Waals surface area contributed by atoms with Crippen LogP contribution in [0.3, 0.4) is 0 Å². The number of rotatable bonds is 5. The van der Waals surface area contributed by atoms with Gasteiger partial charge in [-0.25, -0.2) is 19.3 Å². The first-order chi connectivity index (χ1) is 17.1. The summed E-state index contributed by atoms with van der Waals surface area (Å²) in [6, 6.07) is 7.32. The lowest BCUT2D eigenvalue weighted by Crippen LogP contribution is -2.33. The van der Waals surface area contributed by atoms with Crippen molar-refractivity contribution in [3.05, 3.63) is 53.9 Å². The first kappa shape index (κ1) is 23.4. The fourth-order valence-corrected chi connectivity index (χ4v) is 4.60. The molecule has 0 aliphatic carbocycles. The lowest BCUT2D eigenvalue weighted by molar-refractivity contribution is 0.0694. The van der Waals surface area contributed by atoms with Crippen molar-refractivity contribution in [2.45, 2.75) is 32.2 Å². The molecule has 1 aromatic carbocycles. The number of nitrogens with zero attached hydrogens (tertiary/aromatic N) is 5. The van der Waals surface area contributed by atoms with E-state index in [-0.39, 0.29) is 23.6 Å². The van der Waals surface area contributed by atoms with Crippen LogP contribution in [0, 0.1) is 12.7 Å². The van der Waals surface area contributed by atoms with Gasteiger partial charge in [0.15, 0.2) is 5.82 Å². The van der Waals surface area contributed by atoms with Gasteiger partial charge in [-0.15, -0.1) is 0 Å². The Labute approximate surface area is 203 Å². The normalized spacial score (nSPS) is 17.3. The summed E-state index contributed by atoms with van der Waals surface area (Å²) in [6.07, 6.45) is 5.35. The van der Waals surface area contributed by atoms with Crippen LogP contribution in [-0.4, -0.2) is 69.8 Å². The Balaban J connectivity index is 1.34. The molecule has 0 spiro atoms. The van der Waals surface area contributed by atoms with Crippen molar-refractivity contribution in [1.82, 2.24) is 24.4 Å². The highest BCUT2D eigenvalue weighted by Gasteiger charge is 2.24. The molecule has 0 atom stereocenters. The highest BCUT2D eigenvalue weighted by Crippen LogP contribution is 2.31. The Hall–Kier alpha value is -3.37. The van der Waals surface area contributed by atoms with Gasteiger partial charge in [0, 0.05) is 50.2 Å². The zero-order valence-electron chi connectivity index (χ0n) is 19.7. The Kier molecular flexibility index (Phi) is 7.01. The van der Waals surface area contributed by atoms with Crippen LogP contribution in [0.4, 0.5) is 16.0 Å². The summed E-state index contributed by atoms with van der Waals surface area (Å²) in [7, 11) is 0. The number of benzene rings is 1. The molecule has 10 heteroatoms.